The Kier molecular flexibility index (Phi) is 4.71. The summed E-state index contributed by atoms with van der Waals surface area (Å²) in [4.78, 5) is 0.373. The summed E-state index contributed by atoms with van der Waals surface area (Å²) in [5.74, 6) is 0.417. The van der Waals surface area contributed by atoms with E-state index >= 15 is 0 Å². The number of benzene rings is 1. The van der Waals surface area contributed by atoms with Crippen LogP contribution in [0.25, 0.3) is 0 Å². The number of hydrogen-bond donors (Lipinski definition) is 0. The van der Waals surface area contributed by atoms with Gasteiger partial charge in [-0.05, 0) is 30.0 Å². The highest BCUT2D eigenvalue weighted by atomic mass is 32.2. The van der Waals surface area contributed by atoms with E-state index in [2.05, 4.69) is 13.8 Å². The van der Waals surface area contributed by atoms with Crippen LogP contribution in [-0.2, 0) is 10.0 Å². The molecule has 3 nitrogen and oxygen atoms in total. The van der Waals surface area contributed by atoms with Crippen molar-refractivity contribution < 1.29 is 8.42 Å². The fraction of sp³-hybridized carbons (Fsp3) is 0.538. The Balaban J connectivity index is 3.00. The van der Waals surface area contributed by atoms with E-state index in [1.165, 1.54) is 4.31 Å². The van der Waals surface area contributed by atoms with Crippen molar-refractivity contribution in [1.29, 1.82) is 0 Å². The standard InChI is InChI=1S/C13H21NO2S/c1-5-10-14(4)17(15,16)13-8-6-12(7-9-13)11(2)3/h6-9,11H,5,10H2,1-4H3. The summed E-state index contributed by atoms with van der Waals surface area (Å²) in [6.45, 7) is 6.70. The number of sulfonamides is 1. The molecule has 96 valence electrons. The molecule has 0 aliphatic carbocycles. The van der Waals surface area contributed by atoms with Crippen LogP contribution in [0.2, 0.25) is 0 Å². The van der Waals surface area contributed by atoms with Crippen LogP contribution >= 0.6 is 0 Å². The van der Waals surface area contributed by atoms with Crippen LogP contribution in [0, 0.1) is 0 Å². The molecule has 0 amide bonds. The third-order valence-electron chi connectivity index (χ3n) is 2.79. The van der Waals surface area contributed by atoms with E-state index in [1.807, 2.05) is 19.1 Å². The Morgan fingerprint density at radius 3 is 2.12 bits per heavy atom. The molecule has 0 fully saturated rings. The van der Waals surface area contributed by atoms with Gasteiger partial charge in [-0.2, -0.15) is 0 Å². The van der Waals surface area contributed by atoms with E-state index in [9.17, 15) is 8.42 Å². The van der Waals surface area contributed by atoms with Gasteiger partial charge in [-0.3, -0.25) is 0 Å². The van der Waals surface area contributed by atoms with Crippen molar-refractivity contribution >= 4 is 10.0 Å². The van der Waals surface area contributed by atoms with Crippen LogP contribution in [0.3, 0.4) is 0 Å². The predicted molar refractivity (Wildman–Crippen MR) is 70.6 cm³/mol. The molecule has 1 rings (SSSR count). The van der Waals surface area contributed by atoms with Crippen LogP contribution < -0.4 is 0 Å². The molecule has 0 saturated heterocycles. The third kappa shape index (κ3) is 3.30. The minimum atomic E-state index is -3.31. The van der Waals surface area contributed by atoms with Crippen LogP contribution in [0.4, 0.5) is 0 Å². The zero-order chi connectivity index (χ0) is 13.1. The van der Waals surface area contributed by atoms with E-state index in [4.69, 9.17) is 0 Å². The fourth-order valence-electron chi connectivity index (χ4n) is 1.64. The van der Waals surface area contributed by atoms with Crippen molar-refractivity contribution in [2.24, 2.45) is 0 Å². The first-order valence-corrected chi connectivity index (χ1v) is 7.40. The Morgan fingerprint density at radius 1 is 1.18 bits per heavy atom. The first-order valence-electron chi connectivity index (χ1n) is 5.96. The second-order valence-electron chi connectivity index (χ2n) is 4.55. The summed E-state index contributed by atoms with van der Waals surface area (Å²) < 4.78 is 25.7. The van der Waals surface area contributed by atoms with Crippen molar-refractivity contribution in [3.05, 3.63) is 29.8 Å². The van der Waals surface area contributed by atoms with Gasteiger partial charge in [0.2, 0.25) is 10.0 Å². The largest absolute Gasteiger partial charge is 0.242 e. The lowest BCUT2D eigenvalue weighted by atomic mass is 10.0. The van der Waals surface area contributed by atoms with E-state index in [0.717, 1.165) is 12.0 Å². The molecule has 1 aromatic rings. The highest BCUT2D eigenvalue weighted by Gasteiger charge is 2.19. The Hall–Kier alpha value is -0.870. The topological polar surface area (TPSA) is 37.4 Å². The second-order valence-corrected chi connectivity index (χ2v) is 6.60. The number of hydrogen-bond acceptors (Lipinski definition) is 2. The Labute approximate surface area is 105 Å². The van der Waals surface area contributed by atoms with Gasteiger partial charge in [0.25, 0.3) is 0 Å². The maximum absolute atomic E-state index is 12.1. The number of nitrogens with zero attached hydrogens (tertiary/aromatic N) is 1. The molecule has 0 aliphatic heterocycles. The quantitative estimate of drug-likeness (QED) is 0.811. The second kappa shape index (κ2) is 5.65. The van der Waals surface area contributed by atoms with Crippen molar-refractivity contribution in [3.63, 3.8) is 0 Å². The predicted octanol–water partition coefficient (Wildman–Crippen LogP) is 2.84. The fourth-order valence-corrected chi connectivity index (χ4v) is 2.90. The number of rotatable bonds is 5. The maximum Gasteiger partial charge on any atom is 0.242 e. The summed E-state index contributed by atoms with van der Waals surface area (Å²) in [5, 5.41) is 0. The van der Waals surface area contributed by atoms with Gasteiger partial charge >= 0.3 is 0 Å². The van der Waals surface area contributed by atoms with Gasteiger partial charge in [-0.1, -0.05) is 32.9 Å². The van der Waals surface area contributed by atoms with E-state index in [-0.39, 0.29) is 0 Å². The molecular weight excluding hydrogens is 234 g/mol. The first-order chi connectivity index (χ1) is 7.89. The van der Waals surface area contributed by atoms with Crippen molar-refractivity contribution in [1.82, 2.24) is 4.31 Å². The van der Waals surface area contributed by atoms with Crippen LogP contribution in [0.15, 0.2) is 29.2 Å². The van der Waals surface area contributed by atoms with Gasteiger partial charge in [0.15, 0.2) is 0 Å². The van der Waals surface area contributed by atoms with Gasteiger partial charge < -0.3 is 0 Å². The maximum atomic E-state index is 12.1. The average molecular weight is 255 g/mol. The van der Waals surface area contributed by atoms with Crippen LogP contribution in [0.1, 0.15) is 38.7 Å². The van der Waals surface area contributed by atoms with Crippen molar-refractivity contribution in [3.8, 4) is 0 Å². The van der Waals surface area contributed by atoms with Crippen molar-refractivity contribution in [2.75, 3.05) is 13.6 Å². The Bertz CT molecular complexity index is 449. The van der Waals surface area contributed by atoms with Gasteiger partial charge in [0.05, 0.1) is 4.90 Å². The van der Waals surface area contributed by atoms with E-state index < -0.39 is 10.0 Å². The monoisotopic (exact) mass is 255 g/mol. The third-order valence-corrected chi connectivity index (χ3v) is 4.66. The molecule has 0 saturated carbocycles. The van der Waals surface area contributed by atoms with Gasteiger partial charge in [-0.15, -0.1) is 0 Å². The molecule has 0 aromatic heterocycles. The zero-order valence-electron chi connectivity index (χ0n) is 11.0. The molecule has 0 N–H and O–H groups in total. The molecule has 0 atom stereocenters. The lowest BCUT2D eigenvalue weighted by Gasteiger charge is -2.16. The molecule has 0 spiro atoms. The highest BCUT2D eigenvalue weighted by molar-refractivity contribution is 7.89. The summed E-state index contributed by atoms with van der Waals surface area (Å²) in [5.41, 5.74) is 1.15. The highest BCUT2D eigenvalue weighted by Crippen LogP contribution is 2.19. The van der Waals surface area contributed by atoms with Crippen LogP contribution in [0.5, 0.6) is 0 Å². The smallest absolute Gasteiger partial charge is 0.207 e. The first kappa shape index (κ1) is 14.2. The van der Waals surface area contributed by atoms with Gasteiger partial charge in [-0.25, -0.2) is 12.7 Å². The minimum Gasteiger partial charge on any atom is -0.207 e. The molecule has 0 radical (unpaired) electrons. The molecule has 17 heavy (non-hydrogen) atoms. The molecule has 0 aliphatic rings. The summed E-state index contributed by atoms with van der Waals surface area (Å²) in [6.07, 6.45) is 0.819. The minimum absolute atomic E-state index is 0.373. The van der Waals surface area contributed by atoms with Crippen molar-refractivity contribution in [2.45, 2.75) is 38.0 Å². The SMILES string of the molecule is CCCN(C)S(=O)(=O)c1ccc(C(C)C)cc1. The van der Waals surface area contributed by atoms with E-state index in [0.29, 0.717) is 17.4 Å². The van der Waals surface area contributed by atoms with E-state index in [1.54, 1.807) is 19.2 Å². The lowest BCUT2D eigenvalue weighted by molar-refractivity contribution is 0.468. The van der Waals surface area contributed by atoms with Gasteiger partial charge in [0.1, 0.15) is 0 Å². The molecule has 0 bridgehead atoms. The molecule has 1 aromatic carbocycles. The normalized spacial score (nSPS) is 12.4. The summed E-state index contributed by atoms with van der Waals surface area (Å²) in [6, 6.07) is 7.16. The average Bonchev–Trinajstić information content (AvgIpc) is 2.29. The lowest BCUT2D eigenvalue weighted by Crippen LogP contribution is -2.27. The molecule has 4 heteroatoms. The summed E-state index contributed by atoms with van der Waals surface area (Å²) >= 11 is 0. The van der Waals surface area contributed by atoms with Crippen LogP contribution in [-0.4, -0.2) is 26.3 Å². The molecule has 0 heterocycles. The summed E-state index contributed by atoms with van der Waals surface area (Å²) in [7, 11) is -1.69. The molecular formula is C13H21NO2S. The van der Waals surface area contributed by atoms with Gasteiger partial charge in [0, 0.05) is 13.6 Å². The zero-order valence-corrected chi connectivity index (χ0v) is 11.8. The Morgan fingerprint density at radius 2 is 1.71 bits per heavy atom. The molecule has 0 unspecified atom stereocenters.